The molecule has 0 saturated heterocycles. The van der Waals surface area contributed by atoms with Gasteiger partial charge < -0.3 is 9.90 Å². The Morgan fingerprint density at radius 2 is 1.54 bits per heavy atom. The van der Waals surface area contributed by atoms with E-state index >= 15 is 0 Å². The number of carboxylic acids is 1. The Morgan fingerprint density at radius 3 is 2.18 bits per heavy atom. The molecule has 1 aliphatic rings. The molecule has 0 aliphatic carbocycles. The third-order valence-corrected chi connectivity index (χ3v) is 4.75. The van der Waals surface area contributed by atoms with Gasteiger partial charge >= 0.3 is 0 Å². The maximum Gasteiger partial charge on any atom is 0.0831 e. The highest BCUT2D eigenvalue weighted by Gasteiger charge is 2.28. The third kappa shape index (κ3) is 3.86. The molecule has 0 aromatic heterocycles. The van der Waals surface area contributed by atoms with Crippen LogP contribution in [0.15, 0.2) is 96.1 Å². The van der Waals surface area contributed by atoms with Gasteiger partial charge in [-0.15, -0.1) is 0 Å². The number of carboxylic acid groups (broad SMARTS) is 1. The van der Waals surface area contributed by atoms with Gasteiger partial charge in [-0.1, -0.05) is 78.9 Å². The average molecular weight is 367 g/mol. The highest BCUT2D eigenvalue weighted by atomic mass is 16.4. The number of anilines is 1. The molecule has 0 bridgehead atoms. The Kier molecular flexibility index (Phi) is 5.02. The van der Waals surface area contributed by atoms with Crippen LogP contribution < -0.4 is 10.1 Å². The molecule has 0 amide bonds. The van der Waals surface area contributed by atoms with Crippen molar-refractivity contribution < 1.29 is 9.90 Å². The second kappa shape index (κ2) is 7.92. The summed E-state index contributed by atoms with van der Waals surface area (Å²) in [5, 5.41) is 17.8. The summed E-state index contributed by atoms with van der Waals surface area (Å²) in [5.41, 5.74) is 4.27. The lowest BCUT2D eigenvalue weighted by molar-refractivity contribution is -0.255. The molecule has 0 fully saturated rings. The van der Waals surface area contributed by atoms with E-state index < -0.39 is 5.97 Å². The van der Waals surface area contributed by atoms with Gasteiger partial charge in [-0.05, 0) is 34.9 Å². The van der Waals surface area contributed by atoms with Gasteiger partial charge in [-0.3, -0.25) is 5.01 Å². The zero-order valence-electron chi connectivity index (χ0n) is 15.2. The molecular formula is C24H19N2O2-. The first kappa shape index (κ1) is 17.7. The number of hydrogen-bond donors (Lipinski definition) is 0. The normalized spacial score (nSPS) is 16.4. The number of nitrogens with zero attached hydrogens (tertiary/aromatic N) is 2. The Morgan fingerprint density at radius 1 is 0.893 bits per heavy atom. The predicted octanol–water partition coefficient (Wildman–Crippen LogP) is 4.07. The van der Waals surface area contributed by atoms with E-state index in [-0.39, 0.29) is 11.6 Å². The minimum Gasteiger partial charge on any atom is -0.545 e. The Balaban J connectivity index is 1.65. The van der Waals surface area contributed by atoms with Gasteiger partial charge in [0.15, 0.2) is 0 Å². The van der Waals surface area contributed by atoms with Crippen LogP contribution in [0.3, 0.4) is 0 Å². The summed E-state index contributed by atoms with van der Waals surface area (Å²) in [5.74, 6) is -1.18. The standard InChI is InChI=1S/C24H20N2O2/c27-24(28)20-12-15-22(16-13-20)26-23(19-9-5-2-6-10-19)17-21(25-26)14-11-18-7-3-1-4-8-18/h1-16,23H,17H2,(H,27,28)/p-1/b14-11+/t23-/m0/s1. The van der Waals surface area contributed by atoms with Crippen molar-refractivity contribution in [3.8, 4) is 0 Å². The number of benzene rings is 3. The number of hydrazone groups is 1. The SMILES string of the molecule is O=C([O-])c1ccc(N2N=C(/C=C/c3ccccc3)C[C@H]2c2ccccc2)cc1. The predicted molar refractivity (Wildman–Crippen MR) is 110 cm³/mol. The highest BCUT2D eigenvalue weighted by Crippen LogP contribution is 2.35. The fourth-order valence-corrected chi connectivity index (χ4v) is 3.31. The Hall–Kier alpha value is -3.66. The molecule has 4 heteroatoms. The van der Waals surface area contributed by atoms with E-state index in [4.69, 9.17) is 5.10 Å². The smallest absolute Gasteiger partial charge is 0.0831 e. The third-order valence-electron chi connectivity index (χ3n) is 4.75. The second-order valence-electron chi connectivity index (χ2n) is 6.64. The van der Waals surface area contributed by atoms with Gasteiger partial charge in [0, 0.05) is 6.42 Å². The monoisotopic (exact) mass is 367 g/mol. The van der Waals surface area contributed by atoms with Crippen molar-refractivity contribution >= 4 is 23.4 Å². The van der Waals surface area contributed by atoms with Gasteiger partial charge in [0.1, 0.15) is 0 Å². The summed E-state index contributed by atoms with van der Waals surface area (Å²) in [7, 11) is 0. The van der Waals surface area contributed by atoms with Crippen molar-refractivity contribution in [1.82, 2.24) is 0 Å². The summed E-state index contributed by atoms with van der Waals surface area (Å²) in [6.07, 6.45) is 4.87. The van der Waals surface area contributed by atoms with Crippen LogP contribution in [-0.2, 0) is 0 Å². The molecule has 0 saturated carbocycles. The number of allylic oxidation sites excluding steroid dienone is 1. The van der Waals surface area contributed by atoms with Crippen LogP contribution in [0.25, 0.3) is 6.08 Å². The first-order chi connectivity index (χ1) is 13.7. The minimum atomic E-state index is -1.18. The van der Waals surface area contributed by atoms with Gasteiger partial charge in [0.05, 0.1) is 23.4 Å². The molecule has 1 aliphatic heterocycles. The summed E-state index contributed by atoms with van der Waals surface area (Å²) in [6, 6.07) is 27.0. The quantitative estimate of drug-likeness (QED) is 0.683. The lowest BCUT2D eigenvalue weighted by atomic mass is 10.0. The van der Waals surface area contributed by atoms with Crippen LogP contribution in [0.2, 0.25) is 0 Å². The minimum absolute atomic E-state index is 0.0606. The van der Waals surface area contributed by atoms with Crippen LogP contribution >= 0.6 is 0 Å². The topological polar surface area (TPSA) is 55.7 Å². The fourth-order valence-electron chi connectivity index (χ4n) is 3.31. The largest absolute Gasteiger partial charge is 0.545 e. The van der Waals surface area contributed by atoms with Gasteiger partial charge in [0.2, 0.25) is 0 Å². The summed E-state index contributed by atoms with van der Waals surface area (Å²) in [6.45, 7) is 0. The summed E-state index contributed by atoms with van der Waals surface area (Å²) >= 11 is 0. The molecule has 138 valence electrons. The van der Waals surface area contributed by atoms with Crippen LogP contribution in [0.1, 0.15) is 33.9 Å². The van der Waals surface area contributed by atoms with Gasteiger partial charge in [-0.25, -0.2) is 0 Å². The van der Waals surface area contributed by atoms with Crippen LogP contribution in [0.4, 0.5) is 5.69 Å². The van der Waals surface area contributed by atoms with Crippen molar-refractivity contribution in [2.75, 3.05) is 5.01 Å². The van der Waals surface area contributed by atoms with Gasteiger partial charge in [0.25, 0.3) is 0 Å². The van der Waals surface area contributed by atoms with Crippen molar-refractivity contribution in [2.24, 2.45) is 5.10 Å². The molecule has 0 radical (unpaired) electrons. The zero-order chi connectivity index (χ0) is 19.3. The average Bonchev–Trinajstić information content (AvgIpc) is 3.18. The van der Waals surface area contributed by atoms with E-state index in [1.54, 1.807) is 24.3 Å². The van der Waals surface area contributed by atoms with Crippen LogP contribution in [0.5, 0.6) is 0 Å². The number of rotatable bonds is 5. The molecule has 4 nitrogen and oxygen atoms in total. The number of carbonyl (C=O) groups is 1. The number of hydrogen-bond acceptors (Lipinski definition) is 4. The molecule has 0 spiro atoms. The first-order valence-corrected chi connectivity index (χ1v) is 9.17. The molecule has 1 heterocycles. The summed E-state index contributed by atoms with van der Waals surface area (Å²) in [4.78, 5) is 11.0. The summed E-state index contributed by atoms with van der Waals surface area (Å²) < 4.78 is 0. The van der Waals surface area contributed by atoms with Crippen molar-refractivity contribution in [1.29, 1.82) is 0 Å². The van der Waals surface area contributed by atoms with Crippen molar-refractivity contribution in [3.63, 3.8) is 0 Å². The maximum atomic E-state index is 11.0. The van der Waals surface area contributed by atoms with E-state index in [1.807, 2.05) is 47.5 Å². The molecule has 3 aromatic rings. The van der Waals surface area contributed by atoms with Gasteiger partial charge in [-0.2, -0.15) is 5.10 Å². The highest BCUT2D eigenvalue weighted by molar-refractivity contribution is 6.01. The molecular weight excluding hydrogens is 348 g/mol. The van der Waals surface area contributed by atoms with Crippen LogP contribution in [-0.4, -0.2) is 11.7 Å². The Labute approximate surface area is 164 Å². The number of aromatic carboxylic acids is 1. The van der Waals surface area contributed by atoms with Crippen molar-refractivity contribution in [2.45, 2.75) is 12.5 Å². The van der Waals surface area contributed by atoms with E-state index in [0.717, 1.165) is 23.4 Å². The van der Waals surface area contributed by atoms with Crippen molar-refractivity contribution in [3.05, 3.63) is 108 Å². The number of carbonyl (C=O) groups excluding carboxylic acids is 1. The molecule has 3 aromatic carbocycles. The lowest BCUT2D eigenvalue weighted by Gasteiger charge is -2.24. The first-order valence-electron chi connectivity index (χ1n) is 9.17. The zero-order valence-corrected chi connectivity index (χ0v) is 15.2. The Bertz CT molecular complexity index is 1010. The van der Waals surface area contributed by atoms with Crippen LogP contribution in [0, 0.1) is 0 Å². The molecule has 1 atom stereocenters. The van der Waals surface area contributed by atoms with E-state index in [2.05, 4.69) is 30.3 Å². The molecule has 0 unspecified atom stereocenters. The molecule has 0 N–H and O–H groups in total. The second-order valence-corrected chi connectivity index (χ2v) is 6.64. The molecule has 28 heavy (non-hydrogen) atoms. The lowest BCUT2D eigenvalue weighted by Crippen LogP contribution is -2.22. The van der Waals surface area contributed by atoms with E-state index in [0.29, 0.717) is 0 Å². The fraction of sp³-hybridized carbons (Fsp3) is 0.0833. The van der Waals surface area contributed by atoms with E-state index in [9.17, 15) is 9.90 Å². The maximum absolute atomic E-state index is 11.0. The van der Waals surface area contributed by atoms with E-state index in [1.165, 1.54) is 5.56 Å². The molecule has 4 rings (SSSR count).